The van der Waals surface area contributed by atoms with Gasteiger partial charge >= 0.3 is 12.1 Å². The lowest BCUT2D eigenvalue weighted by atomic mass is 10.0. The van der Waals surface area contributed by atoms with Crippen molar-refractivity contribution in [1.82, 2.24) is 4.90 Å². The highest BCUT2D eigenvalue weighted by Crippen LogP contribution is 2.26. The van der Waals surface area contributed by atoms with Crippen molar-refractivity contribution >= 4 is 24.7 Å². The zero-order valence-corrected chi connectivity index (χ0v) is 16.1. The summed E-state index contributed by atoms with van der Waals surface area (Å²) in [6, 6.07) is 6.46. The summed E-state index contributed by atoms with van der Waals surface area (Å²) in [5.41, 5.74) is 1.20. The standard InChI is InChI=1S/C18H27NO4S/c1-12-7-9-13(10-8-12)11-19(16(22)23-17(2,3)4)14(15(20)21)18(5,6)24/h7-10,14,24H,11H2,1-6H3,(H,20,21)/t14-/m0/s1. The number of thiol groups is 1. The van der Waals surface area contributed by atoms with Crippen LogP contribution >= 0.6 is 12.6 Å². The molecule has 0 aliphatic rings. The number of carbonyl (C=O) groups is 2. The van der Waals surface area contributed by atoms with Crippen molar-refractivity contribution in [3.05, 3.63) is 35.4 Å². The minimum atomic E-state index is -1.13. The number of hydrogen-bond acceptors (Lipinski definition) is 4. The zero-order chi connectivity index (χ0) is 18.7. The van der Waals surface area contributed by atoms with E-state index in [2.05, 4.69) is 12.6 Å². The van der Waals surface area contributed by atoms with Crippen molar-refractivity contribution in [3.8, 4) is 0 Å². The van der Waals surface area contributed by atoms with Gasteiger partial charge in [-0.2, -0.15) is 12.6 Å². The number of hydrogen-bond donors (Lipinski definition) is 2. The molecule has 0 saturated carbocycles. The number of carboxylic acids is 1. The van der Waals surface area contributed by atoms with E-state index in [-0.39, 0.29) is 6.54 Å². The summed E-state index contributed by atoms with van der Waals surface area (Å²) in [6.07, 6.45) is -0.669. The van der Waals surface area contributed by atoms with Crippen LogP contribution in [0.2, 0.25) is 0 Å². The minimum absolute atomic E-state index is 0.135. The predicted octanol–water partition coefficient (Wildman–Crippen LogP) is 3.89. The lowest BCUT2D eigenvalue weighted by Gasteiger charge is -2.37. The van der Waals surface area contributed by atoms with Gasteiger partial charge in [0.2, 0.25) is 0 Å². The maximum atomic E-state index is 12.6. The second-order valence-corrected chi connectivity index (χ2v) is 8.64. The summed E-state index contributed by atoms with van der Waals surface area (Å²) in [5, 5.41) is 9.65. The molecule has 1 N–H and O–H groups in total. The highest BCUT2D eigenvalue weighted by molar-refractivity contribution is 7.81. The molecule has 6 heteroatoms. The summed E-state index contributed by atoms with van der Waals surface area (Å²) in [5.74, 6) is -1.12. The van der Waals surface area contributed by atoms with Gasteiger partial charge in [0.15, 0.2) is 0 Å². The molecular weight excluding hydrogens is 326 g/mol. The number of carbonyl (C=O) groups excluding carboxylic acids is 1. The monoisotopic (exact) mass is 353 g/mol. The van der Waals surface area contributed by atoms with Crippen LogP contribution in [0, 0.1) is 6.92 Å². The molecule has 1 amide bonds. The van der Waals surface area contributed by atoms with Crippen molar-refractivity contribution < 1.29 is 19.4 Å². The maximum absolute atomic E-state index is 12.6. The fourth-order valence-electron chi connectivity index (χ4n) is 2.29. The van der Waals surface area contributed by atoms with E-state index in [0.29, 0.717) is 0 Å². The molecule has 1 aromatic rings. The number of rotatable bonds is 5. The second kappa shape index (κ2) is 7.47. The summed E-state index contributed by atoms with van der Waals surface area (Å²) in [6.45, 7) is 10.7. The number of amides is 1. The molecule has 1 atom stereocenters. The minimum Gasteiger partial charge on any atom is -0.480 e. The number of nitrogens with zero attached hydrogens (tertiary/aromatic N) is 1. The molecular formula is C18H27NO4S. The molecule has 0 spiro atoms. The van der Waals surface area contributed by atoms with Crippen LogP contribution in [-0.2, 0) is 16.1 Å². The van der Waals surface area contributed by atoms with E-state index in [4.69, 9.17) is 4.74 Å². The molecule has 0 bridgehead atoms. The van der Waals surface area contributed by atoms with Crippen molar-refractivity contribution in [2.45, 2.75) is 64.5 Å². The van der Waals surface area contributed by atoms with Crippen molar-refractivity contribution in [1.29, 1.82) is 0 Å². The molecule has 24 heavy (non-hydrogen) atoms. The van der Waals surface area contributed by atoms with E-state index in [1.165, 1.54) is 4.90 Å². The molecule has 0 heterocycles. The molecule has 0 fully saturated rings. The van der Waals surface area contributed by atoms with Crippen molar-refractivity contribution in [2.24, 2.45) is 0 Å². The van der Waals surface area contributed by atoms with E-state index in [1.807, 2.05) is 31.2 Å². The smallest absolute Gasteiger partial charge is 0.411 e. The van der Waals surface area contributed by atoms with E-state index in [9.17, 15) is 14.7 Å². The topological polar surface area (TPSA) is 66.8 Å². The van der Waals surface area contributed by atoms with Gasteiger partial charge in [-0.15, -0.1) is 0 Å². The average molecular weight is 353 g/mol. The van der Waals surface area contributed by atoms with Crippen LogP contribution in [0.1, 0.15) is 45.7 Å². The molecule has 0 saturated heterocycles. The van der Waals surface area contributed by atoms with Gasteiger partial charge in [0.05, 0.1) is 0 Å². The van der Waals surface area contributed by atoms with Gasteiger partial charge in [-0.1, -0.05) is 29.8 Å². The Labute approximate surface area is 149 Å². The van der Waals surface area contributed by atoms with Gasteiger partial charge in [0, 0.05) is 11.3 Å². The number of aliphatic carboxylic acids is 1. The van der Waals surface area contributed by atoms with E-state index in [1.54, 1.807) is 34.6 Å². The lowest BCUT2D eigenvalue weighted by Crippen LogP contribution is -2.54. The third kappa shape index (κ3) is 6.07. The fraction of sp³-hybridized carbons (Fsp3) is 0.556. The van der Waals surface area contributed by atoms with Gasteiger partial charge in [-0.3, -0.25) is 4.90 Å². The maximum Gasteiger partial charge on any atom is 0.411 e. The number of benzene rings is 1. The van der Waals surface area contributed by atoms with Gasteiger partial charge < -0.3 is 9.84 Å². The first-order valence-corrected chi connectivity index (χ1v) is 8.26. The molecule has 1 aromatic carbocycles. The number of ether oxygens (including phenoxy) is 1. The Kier molecular flexibility index (Phi) is 6.33. The fourth-order valence-corrected chi connectivity index (χ4v) is 2.54. The first-order valence-electron chi connectivity index (χ1n) is 7.81. The molecule has 5 nitrogen and oxygen atoms in total. The normalized spacial score (nSPS) is 13.3. The van der Waals surface area contributed by atoms with Crippen LogP contribution in [0.3, 0.4) is 0 Å². The summed E-state index contributed by atoms with van der Waals surface area (Å²) in [4.78, 5) is 25.7. The van der Waals surface area contributed by atoms with Gasteiger partial charge in [0.25, 0.3) is 0 Å². The van der Waals surface area contributed by atoms with E-state index < -0.39 is 28.5 Å². The molecule has 0 aliphatic heterocycles. The first-order chi connectivity index (χ1) is 10.8. The Morgan fingerprint density at radius 2 is 1.67 bits per heavy atom. The molecule has 134 valence electrons. The van der Waals surface area contributed by atoms with Crippen LogP contribution in [0.4, 0.5) is 4.79 Å². The summed E-state index contributed by atoms with van der Waals surface area (Å²) in [7, 11) is 0. The Hall–Kier alpha value is -1.69. The third-order valence-corrected chi connectivity index (χ3v) is 3.56. The van der Waals surface area contributed by atoms with Crippen LogP contribution in [0.5, 0.6) is 0 Å². The van der Waals surface area contributed by atoms with Crippen molar-refractivity contribution in [2.75, 3.05) is 0 Å². The Morgan fingerprint density at radius 3 is 2.04 bits per heavy atom. The first kappa shape index (κ1) is 20.4. The molecule has 0 radical (unpaired) electrons. The van der Waals surface area contributed by atoms with Crippen LogP contribution in [-0.4, -0.2) is 38.5 Å². The zero-order valence-electron chi connectivity index (χ0n) is 15.2. The van der Waals surface area contributed by atoms with Gasteiger partial charge in [-0.05, 0) is 47.1 Å². The average Bonchev–Trinajstić information content (AvgIpc) is 2.36. The molecule has 0 aliphatic carbocycles. The predicted molar refractivity (Wildman–Crippen MR) is 97.4 cm³/mol. The Morgan fingerprint density at radius 1 is 1.17 bits per heavy atom. The molecule has 0 unspecified atom stereocenters. The van der Waals surface area contributed by atoms with Crippen LogP contribution in [0.25, 0.3) is 0 Å². The number of carboxylic acid groups (broad SMARTS) is 1. The Bertz CT molecular complexity index is 585. The van der Waals surface area contributed by atoms with Crippen molar-refractivity contribution in [3.63, 3.8) is 0 Å². The summed E-state index contributed by atoms with van der Waals surface area (Å²) >= 11 is 4.39. The highest BCUT2D eigenvalue weighted by atomic mass is 32.1. The SMILES string of the molecule is Cc1ccc(CN(C(=O)OC(C)(C)C)[C@@H](C(=O)O)C(C)(C)S)cc1. The van der Waals surface area contributed by atoms with Gasteiger partial charge in [-0.25, -0.2) is 9.59 Å². The van der Waals surface area contributed by atoms with E-state index >= 15 is 0 Å². The summed E-state index contributed by atoms with van der Waals surface area (Å²) < 4.78 is 4.47. The number of aryl methyl sites for hydroxylation is 1. The van der Waals surface area contributed by atoms with Gasteiger partial charge in [0.1, 0.15) is 11.6 Å². The second-order valence-electron chi connectivity index (χ2n) is 7.49. The molecule has 0 aromatic heterocycles. The largest absolute Gasteiger partial charge is 0.480 e. The van der Waals surface area contributed by atoms with Crippen LogP contribution < -0.4 is 0 Å². The van der Waals surface area contributed by atoms with E-state index in [0.717, 1.165) is 11.1 Å². The Balaban J connectivity index is 3.21. The highest BCUT2D eigenvalue weighted by Gasteiger charge is 2.41. The van der Waals surface area contributed by atoms with Crippen LogP contribution in [0.15, 0.2) is 24.3 Å². The lowest BCUT2D eigenvalue weighted by molar-refractivity contribution is -0.144. The quantitative estimate of drug-likeness (QED) is 0.788. The third-order valence-electron chi connectivity index (χ3n) is 3.32. The molecule has 1 rings (SSSR count).